The highest BCUT2D eigenvalue weighted by Gasteiger charge is 2.24. The predicted molar refractivity (Wildman–Crippen MR) is 124 cm³/mol. The lowest BCUT2D eigenvalue weighted by molar-refractivity contribution is 0.289. The van der Waals surface area contributed by atoms with E-state index in [1.54, 1.807) is 24.3 Å². The largest absolute Gasteiger partial charge is 0.508 e. The molecule has 0 radical (unpaired) electrons. The Hall–Kier alpha value is -4.06. The van der Waals surface area contributed by atoms with Gasteiger partial charge >= 0.3 is 0 Å². The molecule has 160 valence electrons. The molecule has 32 heavy (non-hydrogen) atoms. The lowest BCUT2D eigenvalue weighted by atomic mass is 9.99. The number of anilines is 2. The molecule has 0 atom stereocenters. The van der Waals surface area contributed by atoms with E-state index in [1.165, 1.54) is 0 Å². The molecule has 0 aromatic heterocycles. The van der Waals surface area contributed by atoms with Crippen LogP contribution in [0.1, 0.15) is 11.1 Å². The fourth-order valence-electron chi connectivity index (χ4n) is 4.48. The maximum absolute atomic E-state index is 9.55. The number of benzene rings is 4. The average Bonchev–Trinajstić information content (AvgIpc) is 2.84. The van der Waals surface area contributed by atoms with Gasteiger partial charge in [-0.1, -0.05) is 24.3 Å². The second-order valence-electron chi connectivity index (χ2n) is 8.18. The van der Waals surface area contributed by atoms with Gasteiger partial charge in [-0.15, -0.1) is 0 Å². The highest BCUT2D eigenvalue weighted by molar-refractivity contribution is 5.95. The molecule has 2 aliphatic heterocycles. The maximum atomic E-state index is 9.55. The third-order valence-corrected chi connectivity index (χ3v) is 6.15. The first-order valence-corrected chi connectivity index (χ1v) is 10.6. The summed E-state index contributed by atoms with van der Waals surface area (Å²) in [6.45, 7) is 2.37. The third-order valence-electron chi connectivity index (χ3n) is 6.15. The van der Waals surface area contributed by atoms with Crippen LogP contribution in [-0.2, 0) is 13.1 Å². The fourth-order valence-corrected chi connectivity index (χ4v) is 4.48. The second-order valence-corrected chi connectivity index (χ2v) is 8.18. The summed E-state index contributed by atoms with van der Waals surface area (Å²) in [5, 5.41) is 21.2. The van der Waals surface area contributed by atoms with Gasteiger partial charge in [0.2, 0.25) is 0 Å². The Bertz CT molecular complexity index is 1200. The van der Waals surface area contributed by atoms with Gasteiger partial charge in [0, 0.05) is 46.4 Å². The molecule has 0 fully saturated rings. The average molecular weight is 426 g/mol. The van der Waals surface area contributed by atoms with Gasteiger partial charge in [-0.2, -0.15) is 0 Å². The van der Waals surface area contributed by atoms with Crippen molar-refractivity contribution in [1.29, 1.82) is 0 Å². The lowest BCUT2D eigenvalue weighted by Crippen LogP contribution is -2.32. The Kier molecular flexibility index (Phi) is 4.24. The van der Waals surface area contributed by atoms with E-state index < -0.39 is 0 Å². The first-order chi connectivity index (χ1) is 15.7. The van der Waals surface area contributed by atoms with Crippen LogP contribution in [0, 0.1) is 0 Å². The highest BCUT2D eigenvalue weighted by Crippen LogP contribution is 2.42. The molecule has 0 saturated heterocycles. The van der Waals surface area contributed by atoms with Crippen molar-refractivity contribution in [3.05, 3.63) is 83.9 Å². The summed E-state index contributed by atoms with van der Waals surface area (Å²) >= 11 is 0. The van der Waals surface area contributed by atoms with Crippen molar-refractivity contribution in [2.24, 2.45) is 0 Å². The zero-order valence-electron chi connectivity index (χ0n) is 17.4. The van der Waals surface area contributed by atoms with Gasteiger partial charge in [0.1, 0.15) is 23.0 Å². The Morgan fingerprint density at radius 3 is 1.34 bits per heavy atom. The standard InChI is InChI=1S/C26H22N2O4/c29-21-7-3-19(4-8-21)27-13-17-1-11-23-24(25(17)31-15-27)12-2-18-14-28(16-32-26(18)23)20-5-9-22(30)10-6-20/h1-12,29-30H,13-16H2. The minimum Gasteiger partial charge on any atom is -0.508 e. The molecule has 0 bridgehead atoms. The molecule has 2 heterocycles. The molecular weight excluding hydrogens is 404 g/mol. The Morgan fingerprint density at radius 2 is 0.938 bits per heavy atom. The zero-order chi connectivity index (χ0) is 21.7. The van der Waals surface area contributed by atoms with Crippen molar-refractivity contribution < 1.29 is 19.7 Å². The topological polar surface area (TPSA) is 65.4 Å². The number of aromatic hydroxyl groups is 2. The number of rotatable bonds is 2. The van der Waals surface area contributed by atoms with E-state index in [-0.39, 0.29) is 11.5 Å². The van der Waals surface area contributed by atoms with Crippen LogP contribution >= 0.6 is 0 Å². The predicted octanol–water partition coefficient (Wildman–Crippen LogP) is 4.96. The molecule has 0 aliphatic carbocycles. The molecule has 2 aliphatic rings. The molecule has 6 nitrogen and oxygen atoms in total. The molecule has 0 saturated carbocycles. The summed E-state index contributed by atoms with van der Waals surface area (Å²) < 4.78 is 12.4. The SMILES string of the molecule is Oc1ccc(N2COc3c(ccc4c5c(ccc34)CN(c3ccc(O)cc3)CO5)C2)cc1. The van der Waals surface area contributed by atoms with Crippen molar-refractivity contribution in [2.45, 2.75) is 13.1 Å². The summed E-state index contributed by atoms with van der Waals surface area (Å²) in [7, 11) is 0. The van der Waals surface area contributed by atoms with E-state index in [0.29, 0.717) is 13.5 Å². The monoisotopic (exact) mass is 426 g/mol. The normalized spacial score (nSPS) is 15.0. The van der Waals surface area contributed by atoms with Gasteiger partial charge in [-0.25, -0.2) is 0 Å². The van der Waals surface area contributed by atoms with Crippen LogP contribution in [0.15, 0.2) is 72.8 Å². The highest BCUT2D eigenvalue weighted by atomic mass is 16.5. The van der Waals surface area contributed by atoms with Crippen LogP contribution in [0.4, 0.5) is 11.4 Å². The van der Waals surface area contributed by atoms with E-state index in [9.17, 15) is 10.2 Å². The van der Waals surface area contributed by atoms with E-state index in [4.69, 9.17) is 9.47 Å². The van der Waals surface area contributed by atoms with Crippen molar-refractivity contribution in [1.82, 2.24) is 0 Å². The number of hydrogen-bond donors (Lipinski definition) is 2. The van der Waals surface area contributed by atoms with Crippen molar-refractivity contribution in [3.63, 3.8) is 0 Å². The van der Waals surface area contributed by atoms with Crippen LogP contribution in [0.3, 0.4) is 0 Å². The van der Waals surface area contributed by atoms with Gasteiger partial charge < -0.3 is 29.5 Å². The molecule has 0 unspecified atom stereocenters. The van der Waals surface area contributed by atoms with Crippen molar-refractivity contribution in [3.8, 4) is 23.0 Å². The fraction of sp³-hybridized carbons (Fsp3) is 0.154. The van der Waals surface area contributed by atoms with Crippen molar-refractivity contribution in [2.75, 3.05) is 23.3 Å². The Balaban J connectivity index is 1.31. The molecule has 0 amide bonds. The first-order valence-electron chi connectivity index (χ1n) is 10.6. The Morgan fingerprint density at radius 1 is 0.531 bits per heavy atom. The molecule has 6 rings (SSSR count). The van der Waals surface area contributed by atoms with Gasteiger partial charge in [-0.05, 0) is 48.5 Å². The van der Waals surface area contributed by atoms with E-state index in [2.05, 4.69) is 34.1 Å². The molecule has 2 N–H and O–H groups in total. The van der Waals surface area contributed by atoms with Gasteiger partial charge in [0.15, 0.2) is 13.5 Å². The number of hydrogen-bond acceptors (Lipinski definition) is 6. The minimum atomic E-state index is 0.256. The Labute approximate surface area is 185 Å². The maximum Gasteiger partial charge on any atom is 0.161 e. The lowest BCUT2D eigenvalue weighted by Gasteiger charge is -2.33. The van der Waals surface area contributed by atoms with E-state index in [1.807, 2.05) is 24.3 Å². The van der Waals surface area contributed by atoms with Crippen LogP contribution < -0.4 is 19.3 Å². The van der Waals surface area contributed by atoms with Gasteiger partial charge in [0.25, 0.3) is 0 Å². The smallest absolute Gasteiger partial charge is 0.161 e. The molecule has 6 heteroatoms. The number of nitrogens with zero attached hydrogens (tertiary/aromatic N) is 2. The summed E-state index contributed by atoms with van der Waals surface area (Å²) in [4.78, 5) is 4.27. The number of ether oxygens (including phenoxy) is 2. The third kappa shape index (κ3) is 3.12. The quantitative estimate of drug-likeness (QED) is 0.472. The zero-order valence-corrected chi connectivity index (χ0v) is 17.4. The van der Waals surface area contributed by atoms with Crippen LogP contribution in [-0.4, -0.2) is 23.7 Å². The van der Waals surface area contributed by atoms with Gasteiger partial charge in [0.05, 0.1) is 0 Å². The number of phenolic OH excluding ortho intramolecular Hbond substituents is 2. The summed E-state index contributed by atoms with van der Waals surface area (Å²) in [6.07, 6.45) is 0. The number of phenols is 2. The first kappa shape index (κ1) is 18.7. The summed E-state index contributed by atoms with van der Waals surface area (Å²) in [5.74, 6) is 2.33. The van der Waals surface area contributed by atoms with Crippen LogP contribution in [0.5, 0.6) is 23.0 Å². The summed E-state index contributed by atoms with van der Waals surface area (Å²) in [6, 6.07) is 22.8. The molecule has 4 aromatic rings. The van der Waals surface area contributed by atoms with E-state index >= 15 is 0 Å². The van der Waals surface area contributed by atoms with E-state index in [0.717, 1.165) is 57.9 Å². The molecule has 4 aromatic carbocycles. The summed E-state index contributed by atoms with van der Waals surface area (Å²) in [5.41, 5.74) is 4.27. The van der Waals surface area contributed by atoms with Crippen molar-refractivity contribution >= 4 is 22.1 Å². The molecule has 0 spiro atoms. The van der Waals surface area contributed by atoms with Crippen LogP contribution in [0.25, 0.3) is 10.8 Å². The van der Waals surface area contributed by atoms with Gasteiger partial charge in [-0.3, -0.25) is 0 Å². The minimum absolute atomic E-state index is 0.256. The van der Waals surface area contributed by atoms with Crippen LogP contribution in [0.2, 0.25) is 0 Å². The second kappa shape index (κ2) is 7.27. The molecular formula is C26H22N2O4. The number of fused-ring (bicyclic) bond motifs is 5.